The number of amides is 1. The summed E-state index contributed by atoms with van der Waals surface area (Å²) in [6.07, 6.45) is 6.04. The molecular formula is C21H28N6O. The van der Waals surface area contributed by atoms with Gasteiger partial charge < -0.3 is 15.1 Å². The van der Waals surface area contributed by atoms with Gasteiger partial charge in [0.15, 0.2) is 0 Å². The summed E-state index contributed by atoms with van der Waals surface area (Å²) in [6.45, 7) is 9.34. The molecule has 1 saturated heterocycles. The first kappa shape index (κ1) is 18.7. The quantitative estimate of drug-likeness (QED) is 0.879. The Morgan fingerprint density at radius 1 is 1.04 bits per heavy atom. The van der Waals surface area contributed by atoms with Crippen molar-refractivity contribution >= 4 is 23.2 Å². The van der Waals surface area contributed by atoms with Gasteiger partial charge in [-0.05, 0) is 25.0 Å². The maximum absolute atomic E-state index is 12.1. The zero-order valence-corrected chi connectivity index (χ0v) is 16.9. The lowest BCUT2D eigenvalue weighted by molar-refractivity contribution is -0.123. The first-order valence-corrected chi connectivity index (χ1v) is 9.99. The number of carbonyl (C=O) groups excluding carboxylic acids is 1. The van der Waals surface area contributed by atoms with Crippen LogP contribution in [0.3, 0.4) is 0 Å². The van der Waals surface area contributed by atoms with Gasteiger partial charge in [-0.1, -0.05) is 20.8 Å². The lowest BCUT2D eigenvalue weighted by Gasteiger charge is -2.36. The Morgan fingerprint density at radius 2 is 1.75 bits per heavy atom. The Hall–Kier alpha value is -2.70. The van der Waals surface area contributed by atoms with Crippen LogP contribution in [0.2, 0.25) is 0 Å². The summed E-state index contributed by atoms with van der Waals surface area (Å²) in [7, 11) is 0. The second-order valence-electron chi connectivity index (χ2n) is 8.66. The van der Waals surface area contributed by atoms with Gasteiger partial charge in [0.1, 0.15) is 18.0 Å². The van der Waals surface area contributed by atoms with E-state index in [4.69, 9.17) is 0 Å². The minimum atomic E-state index is -0.433. The number of anilines is 3. The number of nitrogens with one attached hydrogen (secondary N) is 1. The number of piperazine rings is 1. The maximum atomic E-state index is 12.1. The lowest BCUT2D eigenvalue weighted by atomic mass is 9.96. The smallest absolute Gasteiger partial charge is 0.230 e. The van der Waals surface area contributed by atoms with Crippen molar-refractivity contribution in [3.63, 3.8) is 0 Å². The fourth-order valence-corrected chi connectivity index (χ4v) is 3.28. The molecule has 0 radical (unpaired) electrons. The van der Waals surface area contributed by atoms with Crippen LogP contribution in [0.4, 0.5) is 17.3 Å². The summed E-state index contributed by atoms with van der Waals surface area (Å²) in [5.41, 5.74) is 1.83. The van der Waals surface area contributed by atoms with Crippen molar-refractivity contribution in [2.45, 2.75) is 39.5 Å². The van der Waals surface area contributed by atoms with Crippen molar-refractivity contribution in [3.8, 4) is 0 Å². The Bertz CT molecular complexity index is 833. The van der Waals surface area contributed by atoms with Gasteiger partial charge in [0.2, 0.25) is 5.91 Å². The lowest BCUT2D eigenvalue weighted by Crippen LogP contribution is -2.46. The largest absolute Gasteiger partial charge is 0.367 e. The molecule has 1 N–H and O–H groups in total. The van der Waals surface area contributed by atoms with Gasteiger partial charge in [-0.2, -0.15) is 0 Å². The molecule has 1 amide bonds. The van der Waals surface area contributed by atoms with Gasteiger partial charge in [-0.25, -0.2) is 15.0 Å². The molecule has 2 aromatic heterocycles. The highest BCUT2D eigenvalue weighted by atomic mass is 16.2. The van der Waals surface area contributed by atoms with Gasteiger partial charge in [-0.3, -0.25) is 4.79 Å². The van der Waals surface area contributed by atoms with Crippen LogP contribution < -0.4 is 15.1 Å². The zero-order valence-electron chi connectivity index (χ0n) is 16.9. The highest BCUT2D eigenvalue weighted by Crippen LogP contribution is 2.39. The van der Waals surface area contributed by atoms with E-state index in [1.54, 1.807) is 6.33 Å². The van der Waals surface area contributed by atoms with Crippen molar-refractivity contribution in [2.24, 2.45) is 5.41 Å². The van der Waals surface area contributed by atoms with E-state index in [9.17, 15) is 4.79 Å². The van der Waals surface area contributed by atoms with E-state index in [1.165, 1.54) is 18.5 Å². The Kier molecular flexibility index (Phi) is 4.91. The Labute approximate surface area is 166 Å². The van der Waals surface area contributed by atoms with Crippen molar-refractivity contribution in [1.82, 2.24) is 15.0 Å². The van der Waals surface area contributed by atoms with E-state index in [1.807, 2.05) is 39.1 Å². The number of hydrogen-bond acceptors (Lipinski definition) is 6. The number of hydrogen-bond donors (Lipinski definition) is 1. The summed E-state index contributed by atoms with van der Waals surface area (Å²) in [6, 6.07) is 6.05. The normalized spacial score (nSPS) is 17.5. The molecule has 3 heterocycles. The predicted molar refractivity (Wildman–Crippen MR) is 111 cm³/mol. The third-order valence-electron chi connectivity index (χ3n) is 5.31. The number of nitrogens with zero attached hydrogens (tertiary/aromatic N) is 5. The summed E-state index contributed by atoms with van der Waals surface area (Å²) in [5.74, 6) is 2.24. The highest BCUT2D eigenvalue weighted by molar-refractivity contribution is 5.93. The number of carbonyl (C=O) groups is 1. The molecule has 7 heteroatoms. The van der Waals surface area contributed by atoms with E-state index in [0.717, 1.165) is 37.7 Å². The third-order valence-corrected chi connectivity index (χ3v) is 5.31. The van der Waals surface area contributed by atoms with Gasteiger partial charge in [-0.15, -0.1) is 0 Å². The summed E-state index contributed by atoms with van der Waals surface area (Å²) < 4.78 is 0. The van der Waals surface area contributed by atoms with Crippen LogP contribution in [-0.4, -0.2) is 47.0 Å². The van der Waals surface area contributed by atoms with Crippen LogP contribution in [0.5, 0.6) is 0 Å². The van der Waals surface area contributed by atoms with Gasteiger partial charge in [0, 0.05) is 49.3 Å². The molecule has 148 valence electrons. The van der Waals surface area contributed by atoms with Crippen molar-refractivity contribution < 1.29 is 4.79 Å². The molecule has 7 nitrogen and oxygen atoms in total. The van der Waals surface area contributed by atoms with Crippen LogP contribution in [0, 0.1) is 5.41 Å². The molecule has 2 aromatic rings. The predicted octanol–water partition coefficient (Wildman–Crippen LogP) is 3.06. The number of rotatable bonds is 4. The number of aromatic nitrogens is 3. The average Bonchev–Trinajstić information content (AvgIpc) is 3.53. The molecule has 1 saturated carbocycles. The fourth-order valence-electron chi connectivity index (χ4n) is 3.28. The van der Waals surface area contributed by atoms with Crippen molar-refractivity contribution in [1.29, 1.82) is 0 Å². The maximum Gasteiger partial charge on any atom is 0.230 e. The van der Waals surface area contributed by atoms with Crippen LogP contribution in [0.25, 0.3) is 0 Å². The second kappa shape index (κ2) is 7.37. The van der Waals surface area contributed by atoms with Crippen LogP contribution >= 0.6 is 0 Å². The van der Waals surface area contributed by atoms with E-state index in [0.29, 0.717) is 11.7 Å². The van der Waals surface area contributed by atoms with Gasteiger partial charge in [0.25, 0.3) is 0 Å². The average molecular weight is 380 g/mol. The first-order chi connectivity index (χ1) is 13.4. The molecule has 2 aliphatic rings. The summed E-state index contributed by atoms with van der Waals surface area (Å²) >= 11 is 0. The monoisotopic (exact) mass is 380 g/mol. The standard InChI is InChI=1S/C21H28N6O/c1-21(2,3)20(28)25-18-7-6-16(13-22-18)26-8-10-27(11-9-26)19-12-17(15-4-5-15)23-14-24-19/h6-7,12-15H,4-5,8-11H2,1-3H3,(H,22,25,28). The molecule has 0 unspecified atom stereocenters. The molecule has 0 spiro atoms. The first-order valence-electron chi connectivity index (χ1n) is 9.99. The minimum Gasteiger partial charge on any atom is -0.367 e. The molecule has 2 fully saturated rings. The molecule has 1 aliphatic carbocycles. The number of pyridine rings is 1. The third kappa shape index (κ3) is 4.24. The van der Waals surface area contributed by atoms with Gasteiger partial charge in [0.05, 0.1) is 11.9 Å². The topological polar surface area (TPSA) is 74.2 Å². The van der Waals surface area contributed by atoms with Crippen LogP contribution in [0.1, 0.15) is 45.2 Å². The Balaban J connectivity index is 1.35. The summed E-state index contributed by atoms with van der Waals surface area (Å²) in [5, 5.41) is 2.87. The molecular weight excluding hydrogens is 352 g/mol. The van der Waals surface area contributed by atoms with E-state index in [2.05, 4.69) is 36.1 Å². The zero-order chi connectivity index (χ0) is 19.7. The fraction of sp³-hybridized carbons (Fsp3) is 0.524. The summed E-state index contributed by atoms with van der Waals surface area (Å²) in [4.78, 5) is 30.0. The van der Waals surface area contributed by atoms with E-state index in [-0.39, 0.29) is 5.91 Å². The molecule has 4 rings (SSSR count). The van der Waals surface area contributed by atoms with Crippen molar-refractivity contribution in [2.75, 3.05) is 41.3 Å². The Morgan fingerprint density at radius 3 is 2.36 bits per heavy atom. The molecule has 28 heavy (non-hydrogen) atoms. The molecule has 1 aliphatic heterocycles. The highest BCUT2D eigenvalue weighted by Gasteiger charge is 2.27. The second-order valence-corrected chi connectivity index (χ2v) is 8.66. The molecule has 0 bridgehead atoms. The van der Waals surface area contributed by atoms with Crippen LogP contribution in [-0.2, 0) is 4.79 Å². The van der Waals surface area contributed by atoms with Gasteiger partial charge >= 0.3 is 0 Å². The van der Waals surface area contributed by atoms with E-state index < -0.39 is 5.41 Å². The molecule has 0 aromatic carbocycles. The van der Waals surface area contributed by atoms with E-state index >= 15 is 0 Å². The minimum absolute atomic E-state index is 0.0308. The SMILES string of the molecule is CC(C)(C)C(=O)Nc1ccc(N2CCN(c3cc(C4CC4)ncn3)CC2)cn1. The molecule has 0 atom stereocenters. The van der Waals surface area contributed by atoms with Crippen LogP contribution in [0.15, 0.2) is 30.7 Å². The van der Waals surface area contributed by atoms with Crippen molar-refractivity contribution in [3.05, 3.63) is 36.4 Å².